The maximum atomic E-state index is 12.9. The van der Waals surface area contributed by atoms with E-state index in [0.717, 1.165) is 30.8 Å². The van der Waals surface area contributed by atoms with E-state index in [1.165, 1.54) is 25.0 Å². The minimum Gasteiger partial charge on any atom is -0.315 e. The number of anilines is 1. The van der Waals surface area contributed by atoms with E-state index in [9.17, 15) is 18.0 Å². The fourth-order valence-corrected chi connectivity index (χ4v) is 3.75. The minimum absolute atomic E-state index is 0.124. The number of piperazine rings is 1. The molecule has 1 saturated carbocycles. The lowest BCUT2D eigenvalue weighted by Gasteiger charge is -2.41. The molecule has 7 heteroatoms. The molecule has 148 valence electrons. The highest BCUT2D eigenvalue weighted by Crippen LogP contribution is 2.34. The molecule has 1 heterocycles. The average molecular weight is 389 g/mol. The molecule has 0 spiro atoms. The Balaban J connectivity index is 1.53. The number of carbonyl (C=O) groups is 1. The summed E-state index contributed by atoms with van der Waals surface area (Å²) >= 11 is 0. The van der Waals surface area contributed by atoms with Gasteiger partial charge in [-0.2, -0.15) is 13.2 Å². The second-order valence-electron chi connectivity index (χ2n) is 7.35. The van der Waals surface area contributed by atoms with Crippen molar-refractivity contribution in [3.8, 4) is 0 Å². The molecule has 28 heavy (non-hydrogen) atoms. The molecule has 1 N–H and O–H groups in total. The number of halogens is 3. The summed E-state index contributed by atoms with van der Waals surface area (Å²) in [5, 5.41) is 2.65. The van der Waals surface area contributed by atoms with Crippen LogP contribution in [0.15, 0.2) is 54.6 Å². The van der Waals surface area contributed by atoms with Crippen molar-refractivity contribution in [3.05, 3.63) is 65.7 Å². The highest BCUT2D eigenvalue weighted by atomic mass is 19.4. The van der Waals surface area contributed by atoms with E-state index in [2.05, 4.69) is 10.2 Å². The van der Waals surface area contributed by atoms with Crippen LogP contribution in [0.2, 0.25) is 0 Å². The Morgan fingerprint density at radius 3 is 2.43 bits per heavy atom. The van der Waals surface area contributed by atoms with Crippen LogP contribution in [0.25, 0.3) is 0 Å². The second-order valence-corrected chi connectivity index (χ2v) is 7.35. The second kappa shape index (κ2) is 7.47. The SMILES string of the molecule is O=C(Nc1cccc(C(F)(F)F)c1)N1CCN(C2CC2)CC1c1ccccc1. The summed E-state index contributed by atoms with van der Waals surface area (Å²) in [4.78, 5) is 17.1. The van der Waals surface area contributed by atoms with Gasteiger partial charge in [0.15, 0.2) is 0 Å². The van der Waals surface area contributed by atoms with Gasteiger partial charge < -0.3 is 10.2 Å². The standard InChI is InChI=1S/C21H22F3N3O/c22-21(23,24)16-7-4-8-17(13-16)25-20(28)27-12-11-26(18-9-10-18)14-19(27)15-5-2-1-3-6-15/h1-8,13,18-19H,9-12,14H2,(H,25,28). The van der Waals surface area contributed by atoms with Crippen molar-refractivity contribution in [2.75, 3.05) is 25.0 Å². The number of hydrogen-bond acceptors (Lipinski definition) is 2. The van der Waals surface area contributed by atoms with Gasteiger partial charge in [0.05, 0.1) is 11.6 Å². The molecule has 2 aromatic rings. The molecule has 1 aliphatic heterocycles. The Bertz CT molecular complexity index is 836. The van der Waals surface area contributed by atoms with Crippen LogP contribution in [0.1, 0.15) is 30.0 Å². The average Bonchev–Trinajstić information content (AvgIpc) is 3.53. The molecule has 4 rings (SSSR count). The summed E-state index contributed by atoms with van der Waals surface area (Å²) in [5.41, 5.74) is 0.409. The Labute approximate surface area is 161 Å². The molecule has 1 saturated heterocycles. The van der Waals surface area contributed by atoms with E-state index < -0.39 is 11.7 Å². The van der Waals surface area contributed by atoms with E-state index in [0.29, 0.717) is 12.6 Å². The number of nitrogens with zero attached hydrogens (tertiary/aromatic N) is 2. The predicted molar refractivity (Wildman–Crippen MR) is 101 cm³/mol. The van der Waals surface area contributed by atoms with Crippen LogP contribution in [0.4, 0.5) is 23.7 Å². The van der Waals surface area contributed by atoms with Gasteiger partial charge in [-0.15, -0.1) is 0 Å². The zero-order chi connectivity index (χ0) is 19.7. The Kier molecular flexibility index (Phi) is 5.02. The summed E-state index contributed by atoms with van der Waals surface area (Å²) in [6.45, 7) is 2.07. The van der Waals surface area contributed by atoms with Crippen LogP contribution in [-0.4, -0.2) is 41.5 Å². The summed E-state index contributed by atoms with van der Waals surface area (Å²) in [5.74, 6) is 0. The van der Waals surface area contributed by atoms with Crippen LogP contribution in [0.3, 0.4) is 0 Å². The molecule has 0 radical (unpaired) electrons. The van der Waals surface area contributed by atoms with Crippen molar-refractivity contribution in [3.63, 3.8) is 0 Å². The van der Waals surface area contributed by atoms with Gasteiger partial charge in [-0.3, -0.25) is 4.90 Å². The first-order valence-electron chi connectivity index (χ1n) is 9.46. The molecule has 2 aliphatic rings. The van der Waals surface area contributed by atoms with Gasteiger partial charge in [0, 0.05) is 31.4 Å². The number of urea groups is 1. The molecule has 2 fully saturated rings. The van der Waals surface area contributed by atoms with Gasteiger partial charge in [-0.25, -0.2) is 4.79 Å². The largest absolute Gasteiger partial charge is 0.416 e. The summed E-state index contributed by atoms with van der Waals surface area (Å²) in [6.07, 6.45) is -2.06. The highest BCUT2D eigenvalue weighted by molar-refractivity contribution is 5.89. The summed E-state index contributed by atoms with van der Waals surface area (Å²) in [7, 11) is 0. The first kappa shape index (κ1) is 18.8. The van der Waals surface area contributed by atoms with Crippen LogP contribution < -0.4 is 5.32 Å². The molecular weight excluding hydrogens is 367 g/mol. The van der Waals surface area contributed by atoms with Gasteiger partial charge in [-0.1, -0.05) is 36.4 Å². The summed E-state index contributed by atoms with van der Waals surface area (Å²) in [6, 6.07) is 14.6. The number of benzene rings is 2. The van der Waals surface area contributed by atoms with E-state index in [1.54, 1.807) is 4.90 Å². The topological polar surface area (TPSA) is 35.6 Å². The molecular formula is C21H22F3N3O. The fourth-order valence-electron chi connectivity index (χ4n) is 3.75. The Morgan fingerprint density at radius 2 is 1.75 bits per heavy atom. The van der Waals surface area contributed by atoms with Crippen LogP contribution in [0, 0.1) is 0 Å². The maximum Gasteiger partial charge on any atom is 0.416 e. The molecule has 4 nitrogen and oxygen atoms in total. The third-order valence-electron chi connectivity index (χ3n) is 5.36. The van der Waals surface area contributed by atoms with Crippen molar-refractivity contribution in [1.29, 1.82) is 0 Å². The normalized spacial score (nSPS) is 20.8. The molecule has 2 amide bonds. The molecule has 2 aromatic carbocycles. The fraction of sp³-hybridized carbons (Fsp3) is 0.381. The number of hydrogen-bond donors (Lipinski definition) is 1. The molecule has 1 unspecified atom stereocenters. The third kappa shape index (κ3) is 4.14. The Hall–Kier alpha value is -2.54. The third-order valence-corrected chi connectivity index (χ3v) is 5.36. The zero-order valence-corrected chi connectivity index (χ0v) is 15.3. The van der Waals surface area contributed by atoms with Crippen LogP contribution >= 0.6 is 0 Å². The van der Waals surface area contributed by atoms with Gasteiger partial charge in [0.25, 0.3) is 0 Å². The lowest BCUT2D eigenvalue weighted by Crippen LogP contribution is -2.52. The van der Waals surface area contributed by atoms with E-state index in [4.69, 9.17) is 0 Å². The first-order valence-corrected chi connectivity index (χ1v) is 9.46. The Morgan fingerprint density at radius 1 is 1.00 bits per heavy atom. The predicted octanol–water partition coefficient (Wildman–Crippen LogP) is 4.76. The monoisotopic (exact) mass is 389 g/mol. The molecule has 1 atom stereocenters. The first-order chi connectivity index (χ1) is 13.4. The van der Waals surface area contributed by atoms with Gasteiger partial charge in [0.2, 0.25) is 0 Å². The lowest BCUT2D eigenvalue weighted by molar-refractivity contribution is -0.137. The number of nitrogens with one attached hydrogen (secondary N) is 1. The van der Waals surface area contributed by atoms with Crippen LogP contribution in [0.5, 0.6) is 0 Å². The van der Waals surface area contributed by atoms with E-state index in [-0.39, 0.29) is 17.8 Å². The molecule has 1 aliphatic carbocycles. The van der Waals surface area contributed by atoms with Crippen LogP contribution in [-0.2, 0) is 6.18 Å². The van der Waals surface area contributed by atoms with Gasteiger partial charge in [0.1, 0.15) is 0 Å². The minimum atomic E-state index is -4.44. The van der Waals surface area contributed by atoms with Crippen molar-refractivity contribution < 1.29 is 18.0 Å². The number of rotatable bonds is 3. The van der Waals surface area contributed by atoms with Crippen molar-refractivity contribution in [1.82, 2.24) is 9.80 Å². The van der Waals surface area contributed by atoms with E-state index in [1.807, 2.05) is 30.3 Å². The summed E-state index contributed by atoms with van der Waals surface area (Å²) < 4.78 is 38.8. The van der Waals surface area contributed by atoms with E-state index >= 15 is 0 Å². The van der Waals surface area contributed by atoms with Crippen molar-refractivity contribution in [2.45, 2.75) is 31.1 Å². The smallest absolute Gasteiger partial charge is 0.315 e. The molecule has 0 aromatic heterocycles. The van der Waals surface area contributed by atoms with Gasteiger partial charge >= 0.3 is 12.2 Å². The highest BCUT2D eigenvalue weighted by Gasteiger charge is 2.38. The maximum absolute atomic E-state index is 12.9. The van der Waals surface area contributed by atoms with Gasteiger partial charge in [-0.05, 0) is 36.6 Å². The zero-order valence-electron chi connectivity index (χ0n) is 15.3. The number of carbonyl (C=O) groups excluding carboxylic acids is 1. The molecule has 0 bridgehead atoms. The van der Waals surface area contributed by atoms with Crippen molar-refractivity contribution in [2.24, 2.45) is 0 Å². The quantitative estimate of drug-likeness (QED) is 0.822. The number of alkyl halides is 3. The number of amides is 2. The lowest BCUT2D eigenvalue weighted by atomic mass is 10.0. The van der Waals surface area contributed by atoms with Crippen molar-refractivity contribution >= 4 is 11.7 Å².